The molecule has 0 aliphatic heterocycles. The largest absolute Gasteiger partial charge is 0.455 e. The molecular weight excluding hydrogens is 240 g/mol. The first-order valence-electron chi connectivity index (χ1n) is 5.87. The van der Waals surface area contributed by atoms with Crippen molar-refractivity contribution in [2.45, 2.75) is 0 Å². The number of aldehydes is 1. The summed E-state index contributed by atoms with van der Waals surface area (Å²) in [5.41, 5.74) is 0.963. The fraction of sp³-hybridized carbons (Fsp3) is 0. The monoisotopic (exact) mass is 250 g/mol. The maximum atomic E-state index is 12.3. The molecule has 3 nitrogen and oxygen atoms in total. The topological polar surface area (TPSA) is 47.3 Å². The highest BCUT2D eigenvalue weighted by Gasteiger charge is 2.14. The van der Waals surface area contributed by atoms with E-state index in [1.807, 2.05) is 18.2 Å². The lowest BCUT2D eigenvalue weighted by Crippen LogP contribution is -2.10. The number of para-hydroxylation sites is 1. The molecular formula is C16H10O3. The first-order chi connectivity index (χ1) is 9.31. The number of rotatable bonds is 2. The van der Waals surface area contributed by atoms with E-state index in [-0.39, 0.29) is 11.0 Å². The zero-order chi connectivity index (χ0) is 13.2. The molecule has 0 bridgehead atoms. The smallest absolute Gasteiger partial charge is 0.203 e. The van der Waals surface area contributed by atoms with Crippen LogP contribution in [0.2, 0.25) is 0 Å². The van der Waals surface area contributed by atoms with Crippen molar-refractivity contribution in [2.24, 2.45) is 0 Å². The van der Waals surface area contributed by atoms with Crippen LogP contribution in [0.5, 0.6) is 0 Å². The van der Waals surface area contributed by atoms with Crippen LogP contribution in [0.25, 0.3) is 22.3 Å². The Kier molecular flexibility index (Phi) is 2.72. The van der Waals surface area contributed by atoms with Gasteiger partial charge in [-0.05, 0) is 12.1 Å². The third-order valence-electron chi connectivity index (χ3n) is 2.99. The summed E-state index contributed by atoms with van der Waals surface area (Å²) >= 11 is 0. The summed E-state index contributed by atoms with van der Waals surface area (Å²) in [6, 6.07) is 16.1. The molecule has 1 aromatic heterocycles. The molecule has 3 heteroatoms. The second kappa shape index (κ2) is 4.53. The lowest BCUT2D eigenvalue weighted by atomic mass is 10.1. The lowest BCUT2D eigenvalue weighted by molar-refractivity contribution is 0.112. The molecule has 0 saturated heterocycles. The van der Waals surface area contributed by atoms with Crippen LogP contribution in [-0.2, 0) is 0 Å². The van der Waals surface area contributed by atoms with Gasteiger partial charge in [0.2, 0.25) is 5.43 Å². The average molecular weight is 250 g/mol. The molecule has 0 amide bonds. The van der Waals surface area contributed by atoms with E-state index in [0.29, 0.717) is 28.6 Å². The third kappa shape index (κ3) is 1.85. The number of hydrogen-bond donors (Lipinski definition) is 0. The van der Waals surface area contributed by atoms with Gasteiger partial charge in [-0.2, -0.15) is 0 Å². The highest BCUT2D eigenvalue weighted by molar-refractivity contribution is 5.91. The van der Waals surface area contributed by atoms with Crippen molar-refractivity contribution in [3.8, 4) is 11.3 Å². The molecule has 0 aliphatic rings. The Balaban J connectivity index is 2.42. The normalized spacial score (nSPS) is 10.5. The Morgan fingerprint density at radius 1 is 0.895 bits per heavy atom. The highest BCUT2D eigenvalue weighted by atomic mass is 16.3. The van der Waals surface area contributed by atoms with Crippen molar-refractivity contribution in [3.05, 3.63) is 70.4 Å². The number of benzene rings is 2. The maximum Gasteiger partial charge on any atom is 0.203 e. The van der Waals surface area contributed by atoms with Gasteiger partial charge >= 0.3 is 0 Å². The summed E-state index contributed by atoms with van der Waals surface area (Å²) in [5.74, 6) is 0.319. The molecule has 0 atom stereocenters. The zero-order valence-electron chi connectivity index (χ0n) is 10.00. The quantitative estimate of drug-likeness (QED) is 0.656. The predicted octanol–water partition coefficient (Wildman–Crippen LogP) is 3.27. The summed E-state index contributed by atoms with van der Waals surface area (Å²) in [6.07, 6.45) is 0.556. The molecule has 0 unspecified atom stereocenters. The van der Waals surface area contributed by atoms with E-state index in [4.69, 9.17) is 4.42 Å². The predicted molar refractivity (Wildman–Crippen MR) is 73.3 cm³/mol. The zero-order valence-corrected chi connectivity index (χ0v) is 10.00. The Hall–Kier alpha value is -2.68. The van der Waals surface area contributed by atoms with Gasteiger partial charge in [-0.1, -0.05) is 42.5 Å². The van der Waals surface area contributed by atoms with Crippen LogP contribution in [0.4, 0.5) is 0 Å². The summed E-state index contributed by atoms with van der Waals surface area (Å²) in [5, 5.41) is 0.421. The van der Waals surface area contributed by atoms with Crippen molar-refractivity contribution in [1.29, 1.82) is 0 Å². The Bertz CT molecular complexity index is 801. The van der Waals surface area contributed by atoms with Crippen molar-refractivity contribution >= 4 is 17.3 Å². The molecule has 92 valence electrons. The molecule has 0 fully saturated rings. The van der Waals surface area contributed by atoms with Crippen LogP contribution in [-0.4, -0.2) is 6.29 Å². The summed E-state index contributed by atoms with van der Waals surface area (Å²) in [6.45, 7) is 0. The van der Waals surface area contributed by atoms with Crippen LogP contribution < -0.4 is 5.43 Å². The van der Waals surface area contributed by atoms with Crippen molar-refractivity contribution in [2.75, 3.05) is 0 Å². The number of fused-ring (bicyclic) bond motifs is 1. The fourth-order valence-electron chi connectivity index (χ4n) is 2.07. The van der Waals surface area contributed by atoms with Crippen LogP contribution in [0.1, 0.15) is 10.4 Å². The van der Waals surface area contributed by atoms with E-state index < -0.39 is 0 Å². The third-order valence-corrected chi connectivity index (χ3v) is 2.99. The summed E-state index contributed by atoms with van der Waals surface area (Å²) < 4.78 is 5.72. The fourth-order valence-corrected chi connectivity index (χ4v) is 2.07. The summed E-state index contributed by atoms with van der Waals surface area (Å²) in [7, 11) is 0. The van der Waals surface area contributed by atoms with Gasteiger partial charge in [-0.25, -0.2) is 0 Å². The number of carbonyl (C=O) groups is 1. The van der Waals surface area contributed by atoms with Crippen molar-refractivity contribution < 1.29 is 9.21 Å². The second-order valence-corrected chi connectivity index (χ2v) is 4.15. The van der Waals surface area contributed by atoms with E-state index in [1.165, 1.54) is 0 Å². The molecule has 2 aromatic carbocycles. The van der Waals surface area contributed by atoms with E-state index in [1.54, 1.807) is 36.4 Å². The van der Waals surface area contributed by atoms with E-state index in [0.717, 1.165) is 0 Å². The maximum absolute atomic E-state index is 12.3. The Morgan fingerprint density at radius 3 is 2.32 bits per heavy atom. The molecule has 19 heavy (non-hydrogen) atoms. The highest BCUT2D eigenvalue weighted by Crippen LogP contribution is 2.24. The molecule has 0 spiro atoms. The van der Waals surface area contributed by atoms with Crippen molar-refractivity contribution in [3.63, 3.8) is 0 Å². The van der Waals surface area contributed by atoms with E-state index >= 15 is 0 Å². The van der Waals surface area contributed by atoms with Gasteiger partial charge in [0.25, 0.3) is 0 Å². The number of carbonyl (C=O) groups excluding carboxylic acids is 1. The molecule has 0 saturated carbocycles. The standard InChI is InChI=1S/C16H10O3/c17-10-13-15(18)12-8-4-5-9-14(12)19-16(13)11-6-2-1-3-7-11/h1-10H. The molecule has 0 radical (unpaired) electrons. The molecule has 3 aromatic rings. The minimum Gasteiger partial charge on any atom is -0.455 e. The van der Waals surface area contributed by atoms with Gasteiger partial charge in [0.15, 0.2) is 6.29 Å². The van der Waals surface area contributed by atoms with Crippen LogP contribution in [0.3, 0.4) is 0 Å². The van der Waals surface area contributed by atoms with Crippen LogP contribution in [0, 0.1) is 0 Å². The number of hydrogen-bond acceptors (Lipinski definition) is 3. The first kappa shape index (κ1) is 11.4. The van der Waals surface area contributed by atoms with Gasteiger partial charge in [0.05, 0.1) is 5.39 Å². The van der Waals surface area contributed by atoms with Gasteiger partial charge in [0, 0.05) is 5.56 Å². The summed E-state index contributed by atoms with van der Waals surface area (Å²) in [4.78, 5) is 23.5. The first-order valence-corrected chi connectivity index (χ1v) is 5.87. The van der Waals surface area contributed by atoms with Crippen LogP contribution >= 0.6 is 0 Å². The van der Waals surface area contributed by atoms with Crippen LogP contribution in [0.15, 0.2) is 63.8 Å². The Labute approximate surface area is 109 Å². The second-order valence-electron chi connectivity index (χ2n) is 4.15. The van der Waals surface area contributed by atoms with E-state index in [9.17, 15) is 9.59 Å². The molecule has 1 heterocycles. The SMILES string of the molecule is O=Cc1c(-c2ccccc2)oc2ccccc2c1=O. The Morgan fingerprint density at radius 2 is 1.58 bits per heavy atom. The van der Waals surface area contributed by atoms with E-state index in [2.05, 4.69) is 0 Å². The molecule has 0 N–H and O–H groups in total. The van der Waals surface area contributed by atoms with Crippen molar-refractivity contribution in [1.82, 2.24) is 0 Å². The van der Waals surface area contributed by atoms with Gasteiger partial charge < -0.3 is 4.42 Å². The average Bonchev–Trinajstić information content (AvgIpc) is 2.48. The van der Waals surface area contributed by atoms with Gasteiger partial charge in [-0.15, -0.1) is 0 Å². The molecule has 0 aliphatic carbocycles. The lowest BCUT2D eigenvalue weighted by Gasteiger charge is -2.05. The molecule has 3 rings (SSSR count). The minimum absolute atomic E-state index is 0.0601. The van der Waals surface area contributed by atoms with Gasteiger partial charge in [-0.3, -0.25) is 9.59 Å². The minimum atomic E-state index is -0.296. The van der Waals surface area contributed by atoms with Gasteiger partial charge in [0.1, 0.15) is 16.9 Å².